The maximum Gasteiger partial charge on any atom is 0.258 e. The minimum atomic E-state index is -0.0334. The van der Waals surface area contributed by atoms with Crippen LogP contribution < -0.4 is 10.4 Å². The molecule has 3 aliphatic rings. The maximum atomic E-state index is 13.3. The molecule has 0 spiro atoms. The summed E-state index contributed by atoms with van der Waals surface area (Å²) < 4.78 is 0. The average molecular weight is 475 g/mol. The van der Waals surface area contributed by atoms with E-state index in [1.54, 1.807) is 18.0 Å². The largest absolute Gasteiger partial charge is 0.354 e. The smallest absolute Gasteiger partial charge is 0.258 e. The summed E-state index contributed by atoms with van der Waals surface area (Å²) in [6.45, 7) is 7.36. The van der Waals surface area contributed by atoms with E-state index in [0.29, 0.717) is 12.0 Å². The molecule has 174 valence electrons. The van der Waals surface area contributed by atoms with Crippen molar-refractivity contribution in [2.24, 2.45) is 4.99 Å². The highest BCUT2D eigenvalue weighted by Gasteiger charge is 2.31. The summed E-state index contributed by atoms with van der Waals surface area (Å²) in [5.74, 6) is 0.0314. The number of ketones is 1. The molecule has 2 aromatic carbocycles. The van der Waals surface area contributed by atoms with Crippen molar-refractivity contribution in [1.29, 1.82) is 0 Å². The predicted octanol–water partition coefficient (Wildman–Crippen LogP) is 3.09. The Labute approximate surface area is 203 Å². The second-order valence-corrected chi connectivity index (χ2v) is 9.02. The molecule has 1 aliphatic carbocycles. The molecule has 34 heavy (non-hydrogen) atoms. The summed E-state index contributed by atoms with van der Waals surface area (Å²) in [7, 11) is 1.80. The van der Waals surface area contributed by atoms with E-state index in [1.807, 2.05) is 24.6 Å². The van der Waals surface area contributed by atoms with Crippen molar-refractivity contribution in [3.05, 3.63) is 45.0 Å². The summed E-state index contributed by atoms with van der Waals surface area (Å²) in [5.41, 5.74) is 5.66. The third-order valence-electron chi connectivity index (χ3n) is 7.28. The Balaban J connectivity index is 0.00000241. The molecule has 0 bridgehead atoms. The van der Waals surface area contributed by atoms with Crippen LogP contribution in [-0.2, 0) is 17.6 Å². The molecule has 0 atom stereocenters. The lowest BCUT2D eigenvalue weighted by Crippen LogP contribution is -2.26. The molecular weight excluding hydrogens is 448 g/mol. The van der Waals surface area contributed by atoms with Crippen LogP contribution in [0.4, 0.5) is 5.69 Å². The Morgan fingerprint density at radius 3 is 2.68 bits per heavy atom. The van der Waals surface area contributed by atoms with Gasteiger partial charge in [0.15, 0.2) is 5.78 Å². The van der Waals surface area contributed by atoms with Crippen LogP contribution in [-0.4, -0.2) is 59.4 Å². The van der Waals surface area contributed by atoms with Gasteiger partial charge in [-0.05, 0) is 54.9 Å². The fourth-order valence-corrected chi connectivity index (χ4v) is 5.57. The van der Waals surface area contributed by atoms with Crippen LogP contribution in [0.3, 0.4) is 0 Å². The van der Waals surface area contributed by atoms with Gasteiger partial charge in [0.1, 0.15) is 0 Å². The molecule has 1 amide bonds. The quantitative estimate of drug-likeness (QED) is 0.618. The first kappa shape index (κ1) is 22.6. The van der Waals surface area contributed by atoms with Gasteiger partial charge in [0.05, 0.1) is 16.8 Å². The number of hydrogen-bond acceptors (Lipinski definition) is 4. The zero-order valence-electron chi connectivity index (χ0n) is 19.6. The van der Waals surface area contributed by atoms with Crippen LogP contribution in [0.2, 0.25) is 0 Å². The summed E-state index contributed by atoms with van der Waals surface area (Å²) in [5, 5.41) is 5.06. The zero-order chi connectivity index (χ0) is 22.9. The molecule has 0 saturated heterocycles. The van der Waals surface area contributed by atoms with Crippen LogP contribution in [0.15, 0.2) is 17.1 Å². The summed E-state index contributed by atoms with van der Waals surface area (Å²) in [6.07, 6.45) is 10.5. The minimum Gasteiger partial charge on any atom is -0.354 e. The van der Waals surface area contributed by atoms with E-state index < -0.39 is 0 Å². The third kappa shape index (κ3) is 3.09. The molecule has 2 aliphatic heterocycles. The molecule has 7 heteroatoms. The van der Waals surface area contributed by atoms with E-state index in [4.69, 9.17) is 4.99 Å². The first-order valence-electron chi connectivity index (χ1n) is 11.6. The number of hydrogen-bond donors (Lipinski definition) is 1. The van der Waals surface area contributed by atoms with Crippen molar-refractivity contribution in [1.82, 2.24) is 14.8 Å². The number of aliphatic imine (C=N–C) groups is 1. The lowest BCUT2D eigenvalue weighted by molar-refractivity contribution is -0.114. The SMILES string of the molecule is CCN(CC)CCc1cc2c(c3c4c(c5c6c([nH]c5c13)C=CC(=O)C6)C(=O)N(C)C=4)N=CC=2.Cl. The van der Waals surface area contributed by atoms with Crippen LogP contribution in [0, 0.1) is 0 Å². The molecule has 0 unspecified atom stereocenters. The highest BCUT2D eigenvalue weighted by atomic mass is 35.5. The Morgan fingerprint density at radius 1 is 1.12 bits per heavy atom. The number of nitrogens with one attached hydrogen (secondary N) is 1. The van der Waals surface area contributed by atoms with Gasteiger partial charge >= 0.3 is 0 Å². The van der Waals surface area contributed by atoms with Gasteiger partial charge in [-0.15, -0.1) is 12.4 Å². The molecule has 1 aromatic heterocycles. The van der Waals surface area contributed by atoms with Gasteiger partial charge in [-0.3, -0.25) is 14.6 Å². The maximum absolute atomic E-state index is 13.3. The fourth-order valence-electron chi connectivity index (χ4n) is 5.57. The van der Waals surface area contributed by atoms with Crippen molar-refractivity contribution in [2.75, 3.05) is 26.7 Å². The van der Waals surface area contributed by atoms with E-state index in [1.165, 1.54) is 5.56 Å². The van der Waals surface area contributed by atoms with E-state index >= 15 is 0 Å². The first-order valence-corrected chi connectivity index (χ1v) is 11.6. The molecule has 3 heterocycles. The topological polar surface area (TPSA) is 68.8 Å². The summed E-state index contributed by atoms with van der Waals surface area (Å²) in [6, 6.07) is 2.25. The molecule has 0 saturated carbocycles. The lowest BCUT2D eigenvalue weighted by Gasteiger charge is -2.19. The average Bonchev–Trinajstić information content (AvgIpc) is 3.50. The van der Waals surface area contributed by atoms with E-state index in [2.05, 4.69) is 29.8 Å². The number of halogens is 1. The summed E-state index contributed by atoms with van der Waals surface area (Å²) in [4.78, 5) is 38.0. The normalized spacial score (nSPS) is 15.6. The lowest BCUT2D eigenvalue weighted by atomic mass is 9.90. The molecule has 0 radical (unpaired) electrons. The monoisotopic (exact) mass is 474 g/mol. The number of aromatic nitrogens is 1. The molecule has 3 aromatic rings. The zero-order valence-corrected chi connectivity index (χ0v) is 20.4. The number of amides is 1. The number of rotatable bonds is 5. The van der Waals surface area contributed by atoms with Crippen molar-refractivity contribution >= 4 is 76.0 Å². The molecular formula is C27H27ClN4O2. The van der Waals surface area contributed by atoms with Crippen LogP contribution in [0.1, 0.15) is 41.0 Å². The first-order chi connectivity index (χ1) is 16.0. The second-order valence-electron chi connectivity index (χ2n) is 9.02. The van der Waals surface area contributed by atoms with Gasteiger partial charge in [0.25, 0.3) is 5.91 Å². The van der Waals surface area contributed by atoms with Crippen LogP contribution >= 0.6 is 12.4 Å². The molecule has 0 fully saturated rings. The number of benzene rings is 2. The van der Waals surface area contributed by atoms with Gasteiger partial charge in [-0.2, -0.15) is 0 Å². The third-order valence-corrected chi connectivity index (χ3v) is 7.28. The summed E-state index contributed by atoms with van der Waals surface area (Å²) >= 11 is 0. The number of H-pyrrole nitrogens is 1. The Kier molecular flexibility index (Phi) is 5.46. The molecule has 6 nitrogen and oxygen atoms in total. The van der Waals surface area contributed by atoms with Crippen molar-refractivity contribution in [3.63, 3.8) is 0 Å². The number of aromatic amines is 1. The number of nitrogens with zero attached hydrogens (tertiary/aromatic N) is 3. The number of carbonyl (C=O) groups excluding carboxylic acids is 2. The number of carbonyl (C=O) groups is 2. The van der Waals surface area contributed by atoms with Gasteiger partial charge < -0.3 is 14.8 Å². The Bertz CT molecular complexity index is 1570. The Morgan fingerprint density at radius 2 is 1.91 bits per heavy atom. The van der Waals surface area contributed by atoms with Crippen molar-refractivity contribution < 1.29 is 9.59 Å². The van der Waals surface area contributed by atoms with Gasteiger partial charge in [0, 0.05) is 64.7 Å². The van der Waals surface area contributed by atoms with E-state index in [0.717, 1.165) is 75.1 Å². The van der Waals surface area contributed by atoms with Crippen molar-refractivity contribution in [2.45, 2.75) is 26.7 Å². The van der Waals surface area contributed by atoms with Crippen LogP contribution in [0.5, 0.6) is 0 Å². The minimum absolute atomic E-state index is 0. The number of fused-ring (bicyclic) bond motifs is 10. The van der Waals surface area contributed by atoms with Gasteiger partial charge in [-0.25, -0.2) is 0 Å². The number of likely N-dealkylation sites (N-methyl/N-ethyl adjacent to an activating group) is 1. The van der Waals surface area contributed by atoms with E-state index in [-0.39, 0.29) is 24.1 Å². The number of allylic oxidation sites excluding steroid dienone is 1. The second kappa shape index (κ2) is 8.22. The van der Waals surface area contributed by atoms with Crippen LogP contribution in [0.25, 0.3) is 40.0 Å². The Hall–Kier alpha value is -3.22. The highest BCUT2D eigenvalue weighted by molar-refractivity contribution is 6.24. The van der Waals surface area contributed by atoms with Gasteiger partial charge in [0.2, 0.25) is 0 Å². The van der Waals surface area contributed by atoms with Crippen molar-refractivity contribution in [3.8, 4) is 0 Å². The molecule has 1 N–H and O–H groups in total. The van der Waals surface area contributed by atoms with Gasteiger partial charge in [-0.1, -0.05) is 13.8 Å². The fraction of sp³-hybridized carbons (Fsp3) is 0.296. The highest BCUT2D eigenvalue weighted by Crippen LogP contribution is 2.38. The molecule has 6 rings (SSSR count). The predicted molar refractivity (Wildman–Crippen MR) is 141 cm³/mol. The van der Waals surface area contributed by atoms with E-state index in [9.17, 15) is 9.59 Å². The standard InChI is InChI=1S/C27H26N4O2.ClH/c1-4-31(5-2)11-9-15-12-16-8-10-28-25(16)23-19-14-30(3)27(33)24(19)22-18-13-17(32)6-7-20(18)29-26(22)21(15)23;/h6-8,10,12,14,29H,4-5,9,11,13H2,1-3H3;1H.